The van der Waals surface area contributed by atoms with Gasteiger partial charge in [0.05, 0.1) is 5.75 Å². The maximum atomic E-state index is 13.2. The van der Waals surface area contributed by atoms with E-state index >= 15 is 0 Å². The van der Waals surface area contributed by atoms with Gasteiger partial charge in [-0.2, -0.15) is 0 Å². The highest BCUT2D eigenvalue weighted by Gasteiger charge is 2.27. The lowest BCUT2D eigenvalue weighted by Crippen LogP contribution is -2.32. The molecule has 1 heterocycles. The summed E-state index contributed by atoms with van der Waals surface area (Å²) < 4.78 is 19.7. The van der Waals surface area contributed by atoms with Crippen LogP contribution >= 0.6 is 0 Å². The number of hydrogen-bond donors (Lipinski definition) is 2. The van der Waals surface area contributed by atoms with Gasteiger partial charge in [0.25, 0.3) is 5.91 Å². The number of urea groups is 1. The minimum absolute atomic E-state index is 0.119. The molecule has 3 aliphatic rings. The summed E-state index contributed by atoms with van der Waals surface area (Å²) in [6, 6.07) is 8.81. The molecule has 0 saturated carbocycles. The molecule has 7 heteroatoms. The van der Waals surface area contributed by atoms with Crippen molar-refractivity contribution < 1.29 is 13.8 Å². The van der Waals surface area contributed by atoms with E-state index < -0.39 is 21.9 Å². The first-order valence-corrected chi connectivity index (χ1v) is 11.8. The van der Waals surface area contributed by atoms with Crippen LogP contribution in [0.4, 0.5) is 10.5 Å². The number of carbonyl (C=O) groups excluding carboxylic acids is 2. The smallest absolute Gasteiger partial charge is 0.305 e. The molecule has 1 unspecified atom stereocenters. The average Bonchev–Trinajstić information content (AvgIpc) is 3.33. The maximum absolute atomic E-state index is 13.2. The molecule has 29 heavy (non-hydrogen) atoms. The summed E-state index contributed by atoms with van der Waals surface area (Å²) in [5, 5.41) is 2.94. The summed E-state index contributed by atoms with van der Waals surface area (Å²) in [4.78, 5) is 25.3. The molecular weight excluding hydrogens is 386 g/mol. The Morgan fingerprint density at radius 3 is 2.38 bits per heavy atom. The van der Waals surface area contributed by atoms with Crippen molar-refractivity contribution in [3.63, 3.8) is 0 Å². The predicted molar refractivity (Wildman–Crippen MR) is 113 cm³/mol. The van der Waals surface area contributed by atoms with Crippen LogP contribution in [0.25, 0.3) is 0 Å². The van der Waals surface area contributed by atoms with Gasteiger partial charge in [-0.15, -0.1) is 4.36 Å². The lowest BCUT2D eigenvalue weighted by molar-refractivity contribution is 0.0982. The van der Waals surface area contributed by atoms with Gasteiger partial charge in [-0.05, 0) is 78.8 Å². The molecule has 0 fully saturated rings. The van der Waals surface area contributed by atoms with Crippen molar-refractivity contribution in [3.8, 4) is 0 Å². The van der Waals surface area contributed by atoms with Crippen LogP contribution in [0.15, 0.2) is 34.7 Å². The molecule has 2 aliphatic carbocycles. The van der Waals surface area contributed by atoms with E-state index in [1.54, 1.807) is 12.1 Å². The minimum Gasteiger partial charge on any atom is -0.305 e. The number of nitrogens with one attached hydrogen (secondary N) is 2. The summed E-state index contributed by atoms with van der Waals surface area (Å²) in [6.45, 7) is 0. The minimum atomic E-state index is -3.18. The highest BCUT2D eigenvalue weighted by Crippen LogP contribution is 2.38. The summed E-state index contributed by atoms with van der Waals surface area (Å²) in [5.74, 6) is -0.324. The molecule has 0 bridgehead atoms. The van der Waals surface area contributed by atoms with Crippen LogP contribution in [-0.4, -0.2) is 21.9 Å². The quantitative estimate of drug-likeness (QED) is 0.755. The Kier molecular flexibility index (Phi) is 4.42. The fraction of sp³-hybridized carbons (Fsp3) is 0.364. The molecule has 0 radical (unpaired) electrons. The summed E-state index contributed by atoms with van der Waals surface area (Å²) in [7, 11) is -3.18. The molecule has 6 nitrogen and oxygen atoms in total. The van der Waals surface area contributed by atoms with Gasteiger partial charge in [0.2, 0.25) is 0 Å². The second-order valence-corrected chi connectivity index (χ2v) is 10.0. The molecule has 2 N–H and O–H groups in total. The van der Waals surface area contributed by atoms with Crippen LogP contribution in [0.2, 0.25) is 0 Å². The van der Waals surface area contributed by atoms with E-state index in [1.165, 1.54) is 22.3 Å². The summed E-state index contributed by atoms with van der Waals surface area (Å²) >= 11 is 0. The van der Waals surface area contributed by atoms with E-state index in [0.29, 0.717) is 12.0 Å². The molecule has 5 rings (SSSR count). The monoisotopic (exact) mass is 409 g/mol. The van der Waals surface area contributed by atoms with Gasteiger partial charge < -0.3 is 5.32 Å². The van der Waals surface area contributed by atoms with Gasteiger partial charge in [0.1, 0.15) is 9.92 Å². The highest BCUT2D eigenvalue weighted by atomic mass is 32.2. The van der Waals surface area contributed by atoms with Gasteiger partial charge in [-0.1, -0.05) is 24.3 Å². The van der Waals surface area contributed by atoms with Crippen LogP contribution in [0, 0.1) is 0 Å². The van der Waals surface area contributed by atoms with Crippen molar-refractivity contribution in [2.45, 2.75) is 44.9 Å². The van der Waals surface area contributed by atoms with Gasteiger partial charge in [-0.3, -0.25) is 9.52 Å². The van der Waals surface area contributed by atoms with Gasteiger partial charge in [0, 0.05) is 11.3 Å². The van der Waals surface area contributed by atoms with E-state index in [9.17, 15) is 13.8 Å². The fourth-order valence-electron chi connectivity index (χ4n) is 4.76. The lowest BCUT2D eigenvalue weighted by atomic mass is 9.99. The zero-order valence-corrected chi connectivity index (χ0v) is 16.9. The molecule has 2 aromatic carbocycles. The van der Waals surface area contributed by atoms with E-state index in [1.807, 2.05) is 12.1 Å². The third-order valence-electron chi connectivity index (χ3n) is 6.10. The van der Waals surface area contributed by atoms with Gasteiger partial charge >= 0.3 is 6.03 Å². The average molecular weight is 410 g/mol. The largest absolute Gasteiger partial charge is 0.354 e. The standard InChI is InChI=1S/C22H23N3O3S/c26-21-19-8-2-1-5-14(19)11-12-29(28,24-21)25-22(27)23-20-17-9-3-6-15(17)13-16-7-4-10-18(16)20/h1-2,5,8,13H,3-4,6-7,9-12H2,(H2,23,24,25,26,27,28). The van der Waals surface area contributed by atoms with Crippen molar-refractivity contribution in [1.82, 2.24) is 4.72 Å². The van der Waals surface area contributed by atoms with Gasteiger partial charge in [0.15, 0.2) is 0 Å². The Labute approximate surface area is 170 Å². The number of nitrogens with zero attached hydrogens (tertiary/aromatic N) is 1. The number of hydrogen-bond acceptors (Lipinski definition) is 3. The topological polar surface area (TPSA) is 87.6 Å². The second-order valence-electron chi connectivity index (χ2n) is 7.94. The Bertz CT molecular complexity index is 1130. The Morgan fingerprint density at radius 2 is 1.66 bits per heavy atom. The van der Waals surface area contributed by atoms with Crippen LogP contribution < -0.4 is 10.0 Å². The summed E-state index contributed by atoms with van der Waals surface area (Å²) in [6.07, 6.45) is 6.56. The molecule has 0 aromatic heterocycles. The molecular formula is C22H23N3O3S. The third kappa shape index (κ3) is 3.33. The van der Waals surface area contributed by atoms with E-state index in [2.05, 4.69) is 20.5 Å². The Hall–Kier alpha value is -2.67. The Balaban J connectivity index is 1.45. The fourth-order valence-corrected chi connectivity index (χ4v) is 6.21. The molecule has 3 amide bonds. The maximum Gasteiger partial charge on any atom is 0.354 e. The van der Waals surface area contributed by atoms with Crippen LogP contribution in [0.5, 0.6) is 0 Å². The number of benzene rings is 2. The van der Waals surface area contributed by atoms with Crippen LogP contribution in [0.1, 0.15) is 51.0 Å². The Morgan fingerprint density at radius 1 is 0.966 bits per heavy atom. The zero-order chi connectivity index (χ0) is 20.0. The number of carbonyl (C=O) groups is 2. The number of amides is 3. The highest BCUT2D eigenvalue weighted by molar-refractivity contribution is 7.92. The summed E-state index contributed by atoms with van der Waals surface area (Å²) in [5.41, 5.74) is 7.19. The normalized spacial score (nSPS) is 22.1. The lowest BCUT2D eigenvalue weighted by Gasteiger charge is -2.15. The van der Waals surface area contributed by atoms with Gasteiger partial charge in [-0.25, -0.2) is 9.00 Å². The first-order valence-electron chi connectivity index (χ1n) is 10.1. The van der Waals surface area contributed by atoms with Crippen LogP contribution in [0.3, 0.4) is 0 Å². The first kappa shape index (κ1) is 18.4. The second kappa shape index (κ2) is 6.99. The molecule has 0 spiro atoms. The van der Waals surface area contributed by atoms with Crippen molar-refractivity contribution in [2.24, 2.45) is 4.36 Å². The van der Waals surface area contributed by atoms with Crippen molar-refractivity contribution >= 4 is 27.5 Å². The van der Waals surface area contributed by atoms with Crippen molar-refractivity contribution in [2.75, 3.05) is 11.1 Å². The van der Waals surface area contributed by atoms with Crippen molar-refractivity contribution in [1.29, 1.82) is 0 Å². The predicted octanol–water partition coefficient (Wildman–Crippen LogP) is 3.57. The number of fused-ring (bicyclic) bond motifs is 3. The number of rotatable bonds is 1. The first-order chi connectivity index (χ1) is 14.0. The molecule has 2 aromatic rings. The zero-order valence-electron chi connectivity index (χ0n) is 16.1. The molecule has 1 atom stereocenters. The number of anilines is 1. The van der Waals surface area contributed by atoms with E-state index in [0.717, 1.165) is 49.8 Å². The third-order valence-corrected chi connectivity index (χ3v) is 7.82. The SMILES string of the molecule is O=C(N=S1(=O)CCc2ccccc2C(=O)N1)Nc1c2c(cc3c1CCC3)CCC2. The molecule has 150 valence electrons. The molecule has 0 saturated heterocycles. The van der Waals surface area contributed by atoms with E-state index in [4.69, 9.17) is 0 Å². The molecule has 1 aliphatic heterocycles. The van der Waals surface area contributed by atoms with Crippen molar-refractivity contribution in [3.05, 3.63) is 63.7 Å². The van der Waals surface area contributed by atoms with E-state index in [-0.39, 0.29) is 5.75 Å². The number of aryl methyl sites for hydroxylation is 3. The van der Waals surface area contributed by atoms with Crippen LogP contribution in [-0.2, 0) is 42.0 Å².